The molecular formula is C22H23N5O2. The normalized spacial score (nSPS) is 14.6. The zero-order chi connectivity index (χ0) is 19.8. The van der Waals surface area contributed by atoms with Gasteiger partial charge >= 0.3 is 0 Å². The molecule has 7 heteroatoms. The summed E-state index contributed by atoms with van der Waals surface area (Å²) in [6.45, 7) is 3.54. The first-order valence-corrected chi connectivity index (χ1v) is 9.72. The Hall–Kier alpha value is -3.48. The summed E-state index contributed by atoms with van der Waals surface area (Å²) < 4.78 is 11.1. The molecular weight excluding hydrogens is 366 g/mol. The van der Waals surface area contributed by atoms with Gasteiger partial charge in [0.2, 0.25) is 0 Å². The molecule has 0 bridgehead atoms. The molecule has 2 aromatic carbocycles. The molecule has 1 aliphatic rings. The Morgan fingerprint density at radius 3 is 2.34 bits per heavy atom. The number of H-pyrrole nitrogens is 1. The second-order valence-corrected chi connectivity index (χ2v) is 7.07. The van der Waals surface area contributed by atoms with E-state index in [9.17, 15) is 0 Å². The maximum atomic E-state index is 5.55. The van der Waals surface area contributed by atoms with Crippen LogP contribution < -0.4 is 19.3 Å². The van der Waals surface area contributed by atoms with Gasteiger partial charge in [0.05, 0.1) is 30.8 Å². The Bertz CT molecular complexity index is 1160. The van der Waals surface area contributed by atoms with E-state index in [1.54, 1.807) is 20.5 Å². The fraction of sp³-hybridized carbons (Fsp3) is 0.273. The molecule has 0 radical (unpaired) electrons. The van der Waals surface area contributed by atoms with E-state index in [4.69, 9.17) is 9.47 Å². The lowest BCUT2D eigenvalue weighted by atomic mass is 10.2. The molecule has 0 saturated carbocycles. The molecule has 0 atom stereocenters. The summed E-state index contributed by atoms with van der Waals surface area (Å²) in [6.07, 6.45) is 1.64. The van der Waals surface area contributed by atoms with Crippen LogP contribution in [0.5, 0.6) is 11.5 Å². The van der Waals surface area contributed by atoms with Crippen molar-refractivity contribution in [2.45, 2.75) is 0 Å². The smallest absolute Gasteiger partial charge is 0.156 e. The summed E-state index contributed by atoms with van der Waals surface area (Å²) in [7, 11) is 3.41. The van der Waals surface area contributed by atoms with Crippen molar-refractivity contribution in [1.82, 2.24) is 15.0 Å². The molecule has 0 aliphatic carbocycles. The standard InChI is InChI=1S/C22H23N5O2/c1-28-17-8-4-3-7-16(17)26-10-12-27(13-11-26)22-21-20(23-14-24-22)19-15(25-21)6-5-9-18(19)29-2/h3-9,14,25H,10-13H2,1-2H3. The predicted octanol–water partition coefficient (Wildman–Crippen LogP) is 3.45. The van der Waals surface area contributed by atoms with E-state index in [0.717, 1.165) is 71.1 Å². The number of nitrogens with one attached hydrogen (secondary N) is 1. The van der Waals surface area contributed by atoms with Crippen LogP contribution in [0.1, 0.15) is 0 Å². The lowest BCUT2D eigenvalue weighted by Crippen LogP contribution is -2.47. The number of hydrogen-bond donors (Lipinski definition) is 1. The summed E-state index contributed by atoms with van der Waals surface area (Å²) in [5.74, 6) is 2.67. The molecule has 4 aromatic rings. The van der Waals surface area contributed by atoms with Gasteiger partial charge in [0, 0.05) is 26.2 Å². The number of piperazine rings is 1. The van der Waals surface area contributed by atoms with E-state index in [1.807, 2.05) is 30.3 Å². The number of fused-ring (bicyclic) bond motifs is 3. The Balaban J connectivity index is 1.47. The molecule has 0 unspecified atom stereocenters. The fourth-order valence-corrected chi connectivity index (χ4v) is 4.16. The van der Waals surface area contributed by atoms with Gasteiger partial charge in [-0.2, -0.15) is 0 Å². The van der Waals surface area contributed by atoms with Crippen molar-refractivity contribution in [3.8, 4) is 11.5 Å². The number of aromatic nitrogens is 3. The first-order chi connectivity index (χ1) is 14.3. The van der Waals surface area contributed by atoms with Crippen LogP contribution in [0.3, 0.4) is 0 Å². The van der Waals surface area contributed by atoms with E-state index in [-0.39, 0.29) is 0 Å². The summed E-state index contributed by atoms with van der Waals surface area (Å²) in [4.78, 5) is 17.3. The Morgan fingerprint density at radius 1 is 0.828 bits per heavy atom. The Kier molecular flexibility index (Phi) is 4.35. The number of aromatic amines is 1. The molecule has 1 N–H and O–H groups in total. The van der Waals surface area contributed by atoms with E-state index in [2.05, 4.69) is 36.9 Å². The van der Waals surface area contributed by atoms with E-state index in [1.165, 1.54) is 0 Å². The maximum absolute atomic E-state index is 5.55. The molecule has 2 aromatic heterocycles. The van der Waals surface area contributed by atoms with Gasteiger partial charge in [0.15, 0.2) is 5.82 Å². The maximum Gasteiger partial charge on any atom is 0.156 e. The summed E-state index contributed by atoms with van der Waals surface area (Å²) in [5.41, 5.74) is 4.00. The molecule has 5 rings (SSSR count). The number of ether oxygens (including phenoxy) is 2. The number of anilines is 2. The van der Waals surface area contributed by atoms with Gasteiger partial charge in [-0.25, -0.2) is 9.97 Å². The largest absolute Gasteiger partial charge is 0.496 e. The van der Waals surface area contributed by atoms with Crippen LogP contribution in [0, 0.1) is 0 Å². The van der Waals surface area contributed by atoms with E-state index >= 15 is 0 Å². The van der Waals surface area contributed by atoms with Crippen molar-refractivity contribution >= 4 is 33.4 Å². The van der Waals surface area contributed by atoms with Crippen molar-refractivity contribution in [3.63, 3.8) is 0 Å². The third-order valence-corrected chi connectivity index (χ3v) is 5.57. The average Bonchev–Trinajstić information content (AvgIpc) is 3.18. The minimum Gasteiger partial charge on any atom is -0.496 e. The minimum absolute atomic E-state index is 0.819. The first-order valence-electron chi connectivity index (χ1n) is 9.72. The highest BCUT2D eigenvalue weighted by atomic mass is 16.5. The van der Waals surface area contributed by atoms with Crippen molar-refractivity contribution < 1.29 is 9.47 Å². The molecule has 1 fully saturated rings. The van der Waals surface area contributed by atoms with Crippen LogP contribution in [-0.2, 0) is 0 Å². The molecule has 3 heterocycles. The number of rotatable bonds is 4. The summed E-state index contributed by atoms with van der Waals surface area (Å²) in [6, 6.07) is 14.2. The van der Waals surface area contributed by atoms with E-state index in [0.29, 0.717) is 0 Å². The Morgan fingerprint density at radius 2 is 1.55 bits per heavy atom. The van der Waals surface area contributed by atoms with Crippen molar-refractivity contribution in [1.29, 1.82) is 0 Å². The van der Waals surface area contributed by atoms with Crippen LogP contribution in [0.2, 0.25) is 0 Å². The van der Waals surface area contributed by atoms with Crippen LogP contribution in [0.4, 0.5) is 11.5 Å². The predicted molar refractivity (Wildman–Crippen MR) is 115 cm³/mol. The highest BCUT2D eigenvalue weighted by molar-refractivity contribution is 6.11. The van der Waals surface area contributed by atoms with Gasteiger partial charge in [-0.3, -0.25) is 0 Å². The van der Waals surface area contributed by atoms with Gasteiger partial charge in [0.1, 0.15) is 28.9 Å². The molecule has 148 valence electrons. The minimum atomic E-state index is 0.819. The lowest BCUT2D eigenvalue weighted by molar-refractivity contribution is 0.413. The number of benzene rings is 2. The number of hydrogen-bond acceptors (Lipinski definition) is 6. The first kappa shape index (κ1) is 17.6. The molecule has 7 nitrogen and oxygen atoms in total. The molecule has 29 heavy (non-hydrogen) atoms. The average molecular weight is 389 g/mol. The fourth-order valence-electron chi connectivity index (χ4n) is 4.16. The third kappa shape index (κ3) is 2.90. The zero-order valence-corrected chi connectivity index (χ0v) is 16.6. The van der Waals surface area contributed by atoms with Crippen LogP contribution in [0.15, 0.2) is 48.8 Å². The second-order valence-electron chi connectivity index (χ2n) is 7.07. The lowest BCUT2D eigenvalue weighted by Gasteiger charge is -2.37. The molecule has 0 spiro atoms. The molecule has 1 aliphatic heterocycles. The van der Waals surface area contributed by atoms with E-state index < -0.39 is 0 Å². The second kappa shape index (κ2) is 7.16. The topological polar surface area (TPSA) is 66.5 Å². The summed E-state index contributed by atoms with van der Waals surface area (Å²) >= 11 is 0. The van der Waals surface area contributed by atoms with Gasteiger partial charge in [-0.15, -0.1) is 0 Å². The SMILES string of the molecule is COc1ccccc1N1CCN(c2ncnc3c2[nH]c2cccc(OC)c23)CC1. The van der Waals surface area contributed by atoms with Crippen molar-refractivity contribution in [3.05, 3.63) is 48.8 Å². The summed E-state index contributed by atoms with van der Waals surface area (Å²) in [5, 5.41) is 1.00. The quantitative estimate of drug-likeness (QED) is 0.577. The monoisotopic (exact) mass is 389 g/mol. The number of methoxy groups -OCH3 is 2. The molecule has 1 saturated heterocycles. The van der Waals surface area contributed by atoms with Crippen LogP contribution >= 0.6 is 0 Å². The highest BCUT2D eigenvalue weighted by Crippen LogP contribution is 2.35. The van der Waals surface area contributed by atoms with Crippen molar-refractivity contribution in [2.24, 2.45) is 0 Å². The van der Waals surface area contributed by atoms with Gasteiger partial charge in [0.25, 0.3) is 0 Å². The van der Waals surface area contributed by atoms with Crippen LogP contribution in [0.25, 0.3) is 21.9 Å². The van der Waals surface area contributed by atoms with Gasteiger partial charge in [-0.1, -0.05) is 18.2 Å². The highest BCUT2D eigenvalue weighted by Gasteiger charge is 2.23. The van der Waals surface area contributed by atoms with Gasteiger partial charge < -0.3 is 24.3 Å². The van der Waals surface area contributed by atoms with Crippen molar-refractivity contribution in [2.75, 3.05) is 50.2 Å². The van der Waals surface area contributed by atoms with Gasteiger partial charge in [-0.05, 0) is 24.3 Å². The number of nitrogens with zero attached hydrogens (tertiary/aromatic N) is 4. The molecule has 0 amide bonds. The zero-order valence-electron chi connectivity index (χ0n) is 16.6. The third-order valence-electron chi connectivity index (χ3n) is 5.57. The van der Waals surface area contributed by atoms with Crippen LogP contribution in [-0.4, -0.2) is 55.4 Å². The Labute approximate surface area is 168 Å². The number of para-hydroxylation sites is 2.